The summed E-state index contributed by atoms with van der Waals surface area (Å²) in [5, 5.41) is 0.659. The molecule has 31 heavy (non-hydrogen) atoms. The fraction of sp³-hybridized carbons (Fsp3) is 0.200. The molecule has 0 aromatic heterocycles. The summed E-state index contributed by atoms with van der Waals surface area (Å²) >= 11 is 7.44. The molecule has 1 saturated heterocycles. The van der Waals surface area contributed by atoms with E-state index in [9.17, 15) is 9.59 Å². The Morgan fingerprint density at radius 2 is 1.71 bits per heavy atom. The van der Waals surface area contributed by atoms with Crippen LogP contribution in [0.5, 0.6) is 0 Å². The van der Waals surface area contributed by atoms with E-state index in [-0.39, 0.29) is 17.6 Å². The standard InChI is InChI=1S/C25H21ClN2O2S/c1-16-7-12-20(13-17(16)2)28-23(29)15-31-25(28)21-5-3-4-6-22(21)27(24(25)30)14-18-8-10-19(26)11-9-18/h3-13H,14-15H2,1-2H3/t25-/m0/s1. The first-order valence-electron chi connectivity index (χ1n) is 10.1. The molecule has 156 valence electrons. The number of hydrogen-bond donors (Lipinski definition) is 0. The first kappa shape index (κ1) is 20.2. The summed E-state index contributed by atoms with van der Waals surface area (Å²) in [5.74, 6) is 0.129. The van der Waals surface area contributed by atoms with Gasteiger partial charge in [-0.05, 0) is 60.9 Å². The summed E-state index contributed by atoms with van der Waals surface area (Å²) in [6.45, 7) is 4.49. The summed E-state index contributed by atoms with van der Waals surface area (Å²) < 4.78 is 0. The van der Waals surface area contributed by atoms with Crippen molar-refractivity contribution in [2.75, 3.05) is 15.6 Å². The average Bonchev–Trinajstić information content (AvgIpc) is 3.23. The number of amides is 2. The van der Waals surface area contributed by atoms with E-state index in [4.69, 9.17) is 11.6 Å². The molecule has 0 unspecified atom stereocenters. The Balaban J connectivity index is 1.63. The molecule has 2 amide bonds. The number of anilines is 2. The lowest BCUT2D eigenvalue weighted by molar-refractivity contribution is -0.123. The quantitative estimate of drug-likeness (QED) is 0.536. The van der Waals surface area contributed by atoms with Crippen LogP contribution in [0.4, 0.5) is 11.4 Å². The molecule has 6 heteroatoms. The maximum absolute atomic E-state index is 14.0. The zero-order chi connectivity index (χ0) is 21.8. The largest absolute Gasteiger partial charge is 0.304 e. The third-order valence-electron chi connectivity index (χ3n) is 6.07. The number of aryl methyl sites for hydroxylation is 2. The molecule has 2 heterocycles. The van der Waals surface area contributed by atoms with Gasteiger partial charge in [0.1, 0.15) is 0 Å². The van der Waals surface area contributed by atoms with Crippen LogP contribution in [0.25, 0.3) is 0 Å². The Morgan fingerprint density at radius 1 is 0.968 bits per heavy atom. The van der Waals surface area contributed by atoms with Crippen molar-refractivity contribution in [3.63, 3.8) is 0 Å². The molecule has 1 fully saturated rings. The number of thioether (sulfide) groups is 1. The lowest BCUT2D eigenvalue weighted by Gasteiger charge is -2.33. The highest BCUT2D eigenvalue weighted by molar-refractivity contribution is 8.02. The smallest absolute Gasteiger partial charge is 0.269 e. The normalized spacial score (nSPS) is 20.1. The van der Waals surface area contributed by atoms with Gasteiger partial charge in [-0.2, -0.15) is 0 Å². The van der Waals surface area contributed by atoms with E-state index in [1.165, 1.54) is 11.8 Å². The first-order valence-corrected chi connectivity index (χ1v) is 11.5. The predicted octanol–water partition coefficient (Wildman–Crippen LogP) is 5.44. The molecule has 2 aliphatic rings. The Bertz CT molecular complexity index is 1210. The lowest BCUT2D eigenvalue weighted by Crippen LogP contribution is -2.49. The highest BCUT2D eigenvalue weighted by Crippen LogP contribution is 2.56. The van der Waals surface area contributed by atoms with E-state index in [1.807, 2.05) is 80.6 Å². The minimum Gasteiger partial charge on any atom is -0.304 e. The fourth-order valence-corrected chi connectivity index (χ4v) is 5.83. The molecule has 0 N–H and O–H groups in total. The van der Waals surface area contributed by atoms with Gasteiger partial charge < -0.3 is 4.90 Å². The minimum absolute atomic E-state index is 0.0512. The molecule has 3 aromatic carbocycles. The number of para-hydroxylation sites is 1. The van der Waals surface area contributed by atoms with Crippen LogP contribution < -0.4 is 9.80 Å². The third kappa shape index (κ3) is 3.07. The average molecular weight is 449 g/mol. The van der Waals surface area contributed by atoms with Gasteiger partial charge in [0.05, 0.1) is 18.0 Å². The second-order valence-corrected chi connectivity index (χ2v) is 9.57. The van der Waals surface area contributed by atoms with Crippen molar-refractivity contribution in [3.05, 3.63) is 94.0 Å². The molecular weight excluding hydrogens is 428 g/mol. The van der Waals surface area contributed by atoms with Gasteiger partial charge in [-0.1, -0.05) is 48.0 Å². The van der Waals surface area contributed by atoms with Crippen molar-refractivity contribution in [1.82, 2.24) is 0 Å². The van der Waals surface area contributed by atoms with Gasteiger partial charge in [0.25, 0.3) is 5.91 Å². The molecule has 2 aliphatic heterocycles. The molecule has 0 saturated carbocycles. The summed E-state index contributed by atoms with van der Waals surface area (Å²) in [5.41, 5.74) is 5.70. The van der Waals surface area contributed by atoms with Crippen LogP contribution in [0.15, 0.2) is 66.7 Å². The molecule has 1 atom stereocenters. The third-order valence-corrected chi connectivity index (χ3v) is 7.70. The zero-order valence-electron chi connectivity index (χ0n) is 17.3. The van der Waals surface area contributed by atoms with Crippen LogP contribution in [-0.2, 0) is 21.0 Å². The van der Waals surface area contributed by atoms with Crippen LogP contribution in [0, 0.1) is 13.8 Å². The first-order chi connectivity index (χ1) is 14.9. The maximum Gasteiger partial charge on any atom is 0.269 e. The number of hydrogen-bond acceptors (Lipinski definition) is 3. The fourth-order valence-electron chi connectivity index (χ4n) is 4.35. The second-order valence-electron chi connectivity index (χ2n) is 7.97. The number of carbonyl (C=O) groups is 2. The second kappa shape index (κ2) is 7.43. The maximum atomic E-state index is 14.0. The van der Waals surface area contributed by atoms with Crippen molar-refractivity contribution in [2.45, 2.75) is 25.3 Å². The molecule has 3 aromatic rings. The molecular formula is C25H21ClN2O2S. The molecule has 5 rings (SSSR count). The topological polar surface area (TPSA) is 40.6 Å². The van der Waals surface area contributed by atoms with Gasteiger partial charge in [0.15, 0.2) is 0 Å². The highest BCUT2D eigenvalue weighted by atomic mass is 35.5. The van der Waals surface area contributed by atoms with Gasteiger partial charge in [-0.25, -0.2) is 0 Å². The van der Waals surface area contributed by atoms with E-state index < -0.39 is 4.87 Å². The van der Waals surface area contributed by atoms with Crippen molar-refractivity contribution in [1.29, 1.82) is 0 Å². The van der Waals surface area contributed by atoms with Crippen molar-refractivity contribution >= 4 is 46.6 Å². The Hall–Kier alpha value is -2.76. The SMILES string of the molecule is Cc1ccc(N2C(=O)CS[C@@]23C(=O)N(Cc2ccc(Cl)cc2)c2ccccc23)cc1C. The van der Waals surface area contributed by atoms with Crippen LogP contribution in [-0.4, -0.2) is 17.6 Å². The number of benzene rings is 3. The van der Waals surface area contributed by atoms with Gasteiger partial charge in [0.2, 0.25) is 10.8 Å². The van der Waals surface area contributed by atoms with Crippen LogP contribution in [0.1, 0.15) is 22.3 Å². The number of rotatable bonds is 3. The molecule has 0 aliphatic carbocycles. The van der Waals surface area contributed by atoms with Gasteiger partial charge in [-0.15, -0.1) is 11.8 Å². The van der Waals surface area contributed by atoms with E-state index in [2.05, 4.69) is 0 Å². The minimum atomic E-state index is -1.08. The Labute approximate surface area is 190 Å². The number of nitrogens with zero attached hydrogens (tertiary/aromatic N) is 2. The predicted molar refractivity (Wildman–Crippen MR) is 127 cm³/mol. The van der Waals surface area contributed by atoms with Crippen LogP contribution in [0.2, 0.25) is 5.02 Å². The molecule has 4 nitrogen and oxygen atoms in total. The van der Waals surface area contributed by atoms with E-state index in [1.54, 1.807) is 9.80 Å². The van der Waals surface area contributed by atoms with Crippen LogP contribution in [0.3, 0.4) is 0 Å². The van der Waals surface area contributed by atoms with E-state index >= 15 is 0 Å². The number of halogens is 1. The summed E-state index contributed by atoms with van der Waals surface area (Å²) in [7, 11) is 0. The van der Waals surface area contributed by atoms with Gasteiger partial charge >= 0.3 is 0 Å². The van der Waals surface area contributed by atoms with E-state index in [0.717, 1.165) is 33.6 Å². The zero-order valence-corrected chi connectivity index (χ0v) is 18.8. The van der Waals surface area contributed by atoms with Crippen molar-refractivity contribution < 1.29 is 9.59 Å². The summed E-state index contributed by atoms with van der Waals surface area (Å²) in [6.07, 6.45) is 0. The summed E-state index contributed by atoms with van der Waals surface area (Å²) in [6, 6.07) is 21.2. The molecule has 1 spiro atoms. The van der Waals surface area contributed by atoms with Gasteiger partial charge in [0, 0.05) is 16.3 Å². The molecule has 0 radical (unpaired) electrons. The van der Waals surface area contributed by atoms with Crippen molar-refractivity contribution in [2.24, 2.45) is 0 Å². The Morgan fingerprint density at radius 3 is 2.45 bits per heavy atom. The molecule has 0 bridgehead atoms. The number of fused-ring (bicyclic) bond motifs is 2. The highest BCUT2D eigenvalue weighted by Gasteiger charge is 2.60. The lowest BCUT2D eigenvalue weighted by atomic mass is 10.0. The van der Waals surface area contributed by atoms with E-state index in [0.29, 0.717) is 11.6 Å². The van der Waals surface area contributed by atoms with Crippen molar-refractivity contribution in [3.8, 4) is 0 Å². The van der Waals surface area contributed by atoms with Crippen LogP contribution >= 0.6 is 23.4 Å². The number of carbonyl (C=O) groups excluding carboxylic acids is 2. The van der Waals surface area contributed by atoms with Gasteiger partial charge in [-0.3, -0.25) is 14.5 Å². The Kier molecular flexibility index (Phi) is 4.83. The monoisotopic (exact) mass is 448 g/mol. The summed E-state index contributed by atoms with van der Waals surface area (Å²) in [4.78, 5) is 29.5.